The third-order valence-corrected chi connectivity index (χ3v) is 6.31. The average Bonchev–Trinajstić information content (AvgIpc) is 3.17. The molecule has 0 radical (unpaired) electrons. The number of hydrogen-bond acceptors (Lipinski definition) is 8. The minimum absolute atomic E-state index is 0.198. The Morgan fingerprint density at radius 1 is 1.20 bits per heavy atom. The summed E-state index contributed by atoms with van der Waals surface area (Å²) in [5, 5.41) is 2.08. The van der Waals surface area contributed by atoms with Gasteiger partial charge in [-0.1, -0.05) is 0 Å². The highest BCUT2D eigenvalue weighted by Gasteiger charge is 2.55. The zero-order valence-electron chi connectivity index (χ0n) is 14.0. The van der Waals surface area contributed by atoms with Crippen LogP contribution in [0.4, 0.5) is 11.8 Å². The lowest BCUT2D eigenvalue weighted by Crippen LogP contribution is -2.60. The van der Waals surface area contributed by atoms with Crippen molar-refractivity contribution in [2.75, 3.05) is 43.9 Å². The number of rotatable bonds is 2. The lowest BCUT2D eigenvalue weighted by atomic mass is 9.70. The van der Waals surface area contributed by atoms with Gasteiger partial charge in [0.05, 0.1) is 15.9 Å². The molecule has 8 heteroatoms. The van der Waals surface area contributed by atoms with Crippen molar-refractivity contribution in [3.63, 3.8) is 0 Å². The fourth-order valence-corrected chi connectivity index (χ4v) is 5.25. The van der Waals surface area contributed by atoms with Gasteiger partial charge in [0.1, 0.15) is 12.1 Å². The van der Waals surface area contributed by atoms with E-state index >= 15 is 0 Å². The molecule has 0 saturated carbocycles. The van der Waals surface area contributed by atoms with Crippen LogP contribution in [0, 0.1) is 5.41 Å². The largest absolute Gasteiger partial charge is 0.368 e. The van der Waals surface area contributed by atoms with E-state index in [0.717, 1.165) is 43.2 Å². The Morgan fingerprint density at radius 3 is 2.92 bits per heavy atom. The summed E-state index contributed by atoms with van der Waals surface area (Å²) in [6.07, 6.45) is 3.43. The number of nitrogen functional groups attached to an aromatic ring is 1. The summed E-state index contributed by atoms with van der Waals surface area (Å²) in [5.74, 6) is 1.79. The molecule has 5 rings (SSSR count). The topological polar surface area (TPSA) is 84.1 Å². The maximum absolute atomic E-state index is 5.82. The van der Waals surface area contributed by atoms with E-state index < -0.39 is 0 Å². The summed E-state index contributed by atoms with van der Waals surface area (Å²) >= 11 is 1.71. The van der Waals surface area contributed by atoms with Gasteiger partial charge < -0.3 is 15.5 Å². The summed E-state index contributed by atoms with van der Waals surface area (Å²) in [7, 11) is 2.18. The van der Waals surface area contributed by atoms with Crippen LogP contribution in [0.1, 0.15) is 11.6 Å². The number of likely N-dealkylation sites (N-methyl/N-ethyl adjacent to an activating group) is 1. The average molecular weight is 353 g/mol. The second-order valence-corrected chi connectivity index (χ2v) is 8.06. The second-order valence-electron chi connectivity index (χ2n) is 7.14. The number of hydrogen-bond donors (Lipinski definition) is 1. The van der Waals surface area contributed by atoms with E-state index in [9.17, 15) is 0 Å². The fourth-order valence-electron chi connectivity index (χ4n) is 4.39. The van der Waals surface area contributed by atoms with Crippen LogP contribution in [-0.4, -0.2) is 58.1 Å². The van der Waals surface area contributed by atoms with Gasteiger partial charge in [0.25, 0.3) is 0 Å². The Bertz CT molecular complexity index is 933. The molecule has 25 heavy (non-hydrogen) atoms. The van der Waals surface area contributed by atoms with Gasteiger partial charge in [0.15, 0.2) is 0 Å². The maximum Gasteiger partial charge on any atom is 0.220 e. The number of likely N-dealkylation sites (tertiary alicyclic amines) is 1. The predicted octanol–water partition coefficient (Wildman–Crippen LogP) is 1.60. The quantitative estimate of drug-likeness (QED) is 0.749. The molecule has 3 aromatic heterocycles. The summed E-state index contributed by atoms with van der Waals surface area (Å²) < 4.78 is 1.17. The number of aromatic nitrogens is 4. The van der Waals surface area contributed by atoms with Crippen LogP contribution < -0.4 is 10.6 Å². The van der Waals surface area contributed by atoms with Crippen LogP contribution in [0.3, 0.4) is 0 Å². The van der Waals surface area contributed by atoms with Crippen molar-refractivity contribution in [2.24, 2.45) is 5.41 Å². The monoisotopic (exact) mass is 353 g/mol. The van der Waals surface area contributed by atoms with Gasteiger partial charge in [-0.3, -0.25) is 0 Å². The Hall–Kier alpha value is -2.32. The molecule has 1 spiro atoms. The van der Waals surface area contributed by atoms with Crippen LogP contribution in [0.25, 0.3) is 10.2 Å². The van der Waals surface area contributed by atoms with Crippen molar-refractivity contribution in [1.82, 2.24) is 24.8 Å². The van der Waals surface area contributed by atoms with Crippen molar-refractivity contribution < 1.29 is 0 Å². The molecule has 2 fully saturated rings. The normalized spacial score (nSPS) is 22.6. The molecule has 2 aliphatic rings. The molecule has 0 amide bonds. The van der Waals surface area contributed by atoms with E-state index in [1.807, 2.05) is 6.07 Å². The van der Waals surface area contributed by atoms with Crippen LogP contribution in [0.5, 0.6) is 0 Å². The van der Waals surface area contributed by atoms with Gasteiger partial charge in [-0.15, -0.1) is 11.3 Å². The standard InChI is InChI=1S/C17H19N7S/c1-23-6-11(12-2-4-19-16(18)22-12)17(7-23)8-24(9-17)15-14-13(3-5-25-14)20-10-21-15/h2-5,10-11H,6-9H2,1H3,(H2,18,19,22). The molecule has 1 atom stereocenters. The number of anilines is 2. The lowest BCUT2D eigenvalue weighted by Gasteiger charge is -2.51. The van der Waals surface area contributed by atoms with Gasteiger partial charge in [0, 0.05) is 43.7 Å². The SMILES string of the molecule is CN1CC(c2ccnc(N)n2)C2(C1)CN(c1ncnc3ccsc13)C2. The van der Waals surface area contributed by atoms with Gasteiger partial charge in [-0.25, -0.2) is 19.9 Å². The zero-order valence-corrected chi connectivity index (χ0v) is 14.8. The van der Waals surface area contributed by atoms with Gasteiger partial charge in [0.2, 0.25) is 5.95 Å². The maximum atomic E-state index is 5.82. The zero-order chi connectivity index (χ0) is 17.0. The van der Waals surface area contributed by atoms with E-state index in [0.29, 0.717) is 11.9 Å². The van der Waals surface area contributed by atoms with Crippen LogP contribution in [0.2, 0.25) is 0 Å². The minimum Gasteiger partial charge on any atom is -0.368 e. The first-order valence-corrected chi connectivity index (χ1v) is 9.23. The van der Waals surface area contributed by atoms with Crippen molar-refractivity contribution >= 4 is 33.3 Å². The lowest BCUT2D eigenvalue weighted by molar-refractivity contribution is 0.194. The first kappa shape index (κ1) is 15.0. The predicted molar refractivity (Wildman–Crippen MR) is 98.7 cm³/mol. The second kappa shape index (κ2) is 5.34. The summed E-state index contributed by atoms with van der Waals surface area (Å²) in [6, 6.07) is 4.06. The first-order chi connectivity index (χ1) is 12.1. The van der Waals surface area contributed by atoms with Crippen molar-refractivity contribution in [3.05, 3.63) is 35.7 Å². The molecule has 3 aromatic rings. The highest BCUT2D eigenvalue weighted by atomic mass is 32.1. The Balaban J connectivity index is 1.46. The van der Waals surface area contributed by atoms with E-state index in [4.69, 9.17) is 5.73 Å². The number of nitrogens with zero attached hydrogens (tertiary/aromatic N) is 6. The van der Waals surface area contributed by atoms with Gasteiger partial charge in [-0.2, -0.15) is 0 Å². The molecular formula is C17H19N7S. The number of thiophene rings is 1. The van der Waals surface area contributed by atoms with Crippen LogP contribution in [-0.2, 0) is 0 Å². The summed E-state index contributed by atoms with van der Waals surface area (Å²) in [6.45, 7) is 4.03. The smallest absolute Gasteiger partial charge is 0.220 e. The Morgan fingerprint density at radius 2 is 2.08 bits per heavy atom. The summed E-state index contributed by atoms with van der Waals surface area (Å²) in [4.78, 5) is 22.2. The van der Waals surface area contributed by atoms with Crippen molar-refractivity contribution in [2.45, 2.75) is 5.92 Å². The van der Waals surface area contributed by atoms with Gasteiger partial charge >= 0.3 is 0 Å². The van der Waals surface area contributed by atoms with E-state index in [1.54, 1.807) is 23.9 Å². The molecule has 2 aliphatic heterocycles. The highest BCUT2D eigenvalue weighted by Crippen LogP contribution is 2.50. The Kier molecular flexibility index (Phi) is 3.20. The molecule has 2 N–H and O–H groups in total. The third kappa shape index (κ3) is 2.28. The molecule has 0 aliphatic carbocycles. The molecule has 2 saturated heterocycles. The molecule has 0 aromatic carbocycles. The first-order valence-electron chi connectivity index (χ1n) is 8.35. The molecular weight excluding hydrogens is 334 g/mol. The fraction of sp³-hybridized carbons (Fsp3) is 0.412. The molecule has 0 bridgehead atoms. The Labute approximate surface area is 149 Å². The van der Waals surface area contributed by atoms with E-state index in [2.05, 4.69) is 48.2 Å². The molecule has 7 nitrogen and oxygen atoms in total. The molecule has 128 valence electrons. The van der Waals surface area contributed by atoms with Crippen LogP contribution >= 0.6 is 11.3 Å². The minimum atomic E-state index is 0.198. The highest BCUT2D eigenvalue weighted by molar-refractivity contribution is 7.17. The van der Waals surface area contributed by atoms with Crippen molar-refractivity contribution in [1.29, 1.82) is 0 Å². The molecule has 1 unspecified atom stereocenters. The van der Waals surface area contributed by atoms with E-state index in [-0.39, 0.29) is 5.41 Å². The summed E-state index contributed by atoms with van der Waals surface area (Å²) in [5.41, 5.74) is 8.10. The molecule has 5 heterocycles. The van der Waals surface area contributed by atoms with Crippen molar-refractivity contribution in [3.8, 4) is 0 Å². The van der Waals surface area contributed by atoms with Crippen LogP contribution in [0.15, 0.2) is 30.0 Å². The number of fused-ring (bicyclic) bond motifs is 1. The van der Waals surface area contributed by atoms with E-state index in [1.165, 1.54) is 4.70 Å². The third-order valence-electron chi connectivity index (χ3n) is 5.41. The number of nitrogens with two attached hydrogens (primary N) is 1. The van der Waals surface area contributed by atoms with Gasteiger partial charge in [-0.05, 0) is 24.6 Å².